The number of ether oxygens (including phenoxy) is 2. The van der Waals surface area contributed by atoms with E-state index in [1.807, 2.05) is 18.2 Å². The summed E-state index contributed by atoms with van der Waals surface area (Å²) < 4.78 is 13.0. The Hall–Kier alpha value is -3.11. The number of rotatable bonds is 11. The molecule has 194 valence electrons. The molecular formula is C26H34N4O5S. The average molecular weight is 515 g/mol. The Balaban J connectivity index is 1.28. The molecule has 0 bridgehead atoms. The van der Waals surface area contributed by atoms with Gasteiger partial charge >= 0.3 is 11.7 Å². The van der Waals surface area contributed by atoms with Crippen molar-refractivity contribution >= 4 is 33.9 Å². The van der Waals surface area contributed by atoms with Crippen LogP contribution in [0.2, 0.25) is 0 Å². The van der Waals surface area contributed by atoms with E-state index < -0.39 is 0 Å². The maximum Gasteiger partial charge on any atom is 0.331 e. The maximum absolute atomic E-state index is 13.1. The zero-order chi connectivity index (χ0) is 25.5. The molecule has 2 aromatic heterocycles. The smallest absolute Gasteiger partial charge is 0.331 e. The first kappa shape index (κ1) is 26.0. The molecule has 0 amide bonds. The van der Waals surface area contributed by atoms with Crippen LogP contribution >= 0.6 is 11.3 Å². The quantitative estimate of drug-likeness (QED) is 0.287. The van der Waals surface area contributed by atoms with Gasteiger partial charge in [-0.2, -0.15) is 0 Å². The fraction of sp³-hybridized carbons (Fsp3) is 0.500. The van der Waals surface area contributed by atoms with E-state index in [1.165, 1.54) is 27.6 Å². The van der Waals surface area contributed by atoms with Crippen molar-refractivity contribution in [1.29, 1.82) is 0 Å². The van der Waals surface area contributed by atoms with Crippen LogP contribution in [0.3, 0.4) is 0 Å². The Bertz CT molecular complexity index is 1290. The summed E-state index contributed by atoms with van der Waals surface area (Å²) in [5.74, 6) is 0.526. The van der Waals surface area contributed by atoms with Crippen molar-refractivity contribution in [3.63, 3.8) is 0 Å². The van der Waals surface area contributed by atoms with E-state index in [0.29, 0.717) is 17.4 Å². The largest absolute Gasteiger partial charge is 0.495 e. The van der Waals surface area contributed by atoms with Gasteiger partial charge in [-0.25, -0.2) is 4.79 Å². The molecule has 0 atom stereocenters. The first-order chi connectivity index (χ1) is 17.5. The van der Waals surface area contributed by atoms with Gasteiger partial charge in [-0.05, 0) is 31.5 Å². The molecule has 1 aliphatic heterocycles. The van der Waals surface area contributed by atoms with E-state index in [-0.39, 0.29) is 30.2 Å². The number of benzene rings is 1. The third-order valence-corrected chi connectivity index (χ3v) is 7.52. The Morgan fingerprint density at radius 2 is 1.67 bits per heavy atom. The second-order valence-corrected chi connectivity index (χ2v) is 9.69. The van der Waals surface area contributed by atoms with Gasteiger partial charge in [0, 0.05) is 50.0 Å². The summed E-state index contributed by atoms with van der Waals surface area (Å²) >= 11 is 1.38. The summed E-state index contributed by atoms with van der Waals surface area (Å²) in [5, 5.41) is 4.08. The molecule has 1 fully saturated rings. The Morgan fingerprint density at radius 3 is 2.42 bits per heavy atom. The predicted molar refractivity (Wildman–Crippen MR) is 142 cm³/mol. The third-order valence-electron chi connectivity index (χ3n) is 6.79. The molecule has 3 aromatic rings. The Morgan fingerprint density at radius 1 is 0.917 bits per heavy atom. The van der Waals surface area contributed by atoms with Gasteiger partial charge in [0.2, 0.25) is 0 Å². The number of hydrogen-bond acceptors (Lipinski definition) is 8. The molecule has 3 heterocycles. The summed E-state index contributed by atoms with van der Waals surface area (Å²) in [5.41, 5.74) is 1.12. The van der Waals surface area contributed by atoms with E-state index in [0.717, 1.165) is 63.4 Å². The molecule has 1 aromatic carbocycles. The number of anilines is 1. The second-order valence-electron chi connectivity index (χ2n) is 8.95. The molecule has 0 saturated carbocycles. The van der Waals surface area contributed by atoms with E-state index in [1.54, 1.807) is 17.9 Å². The topological polar surface area (TPSA) is 86.0 Å². The van der Waals surface area contributed by atoms with E-state index in [2.05, 4.69) is 15.9 Å². The minimum atomic E-state index is -0.383. The van der Waals surface area contributed by atoms with Crippen molar-refractivity contribution < 1.29 is 14.3 Å². The van der Waals surface area contributed by atoms with Crippen LogP contribution in [0.5, 0.6) is 5.75 Å². The van der Waals surface area contributed by atoms with Gasteiger partial charge in [0.15, 0.2) is 0 Å². The lowest BCUT2D eigenvalue weighted by molar-refractivity contribution is -0.140. The monoisotopic (exact) mass is 514 g/mol. The number of aromatic nitrogens is 2. The second kappa shape index (κ2) is 12.2. The number of methoxy groups -OCH3 is 2. The molecule has 0 unspecified atom stereocenters. The van der Waals surface area contributed by atoms with Crippen molar-refractivity contribution in [1.82, 2.24) is 14.0 Å². The number of nitrogens with zero attached hydrogens (tertiary/aromatic N) is 4. The van der Waals surface area contributed by atoms with Crippen molar-refractivity contribution in [2.45, 2.75) is 38.8 Å². The zero-order valence-electron chi connectivity index (χ0n) is 21.0. The third kappa shape index (κ3) is 5.82. The number of carbonyl (C=O) groups is 1. The average Bonchev–Trinajstić information content (AvgIpc) is 3.40. The number of esters is 1. The molecular weight excluding hydrogens is 480 g/mol. The highest BCUT2D eigenvalue weighted by atomic mass is 32.1. The number of carbonyl (C=O) groups excluding carboxylic acids is 1. The van der Waals surface area contributed by atoms with E-state index >= 15 is 0 Å². The molecule has 10 heteroatoms. The molecule has 9 nitrogen and oxygen atoms in total. The van der Waals surface area contributed by atoms with Crippen LogP contribution in [0.15, 0.2) is 44.6 Å². The van der Waals surface area contributed by atoms with Crippen LogP contribution in [0.25, 0.3) is 10.9 Å². The summed E-state index contributed by atoms with van der Waals surface area (Å²) in [6.07, 6.45) is 2.79. The highest BCUT2D eigenvalue weighted by molar-refractivity contribution is 7.09. The van der Waals surface area contributed by atoms with Gasteiger partial charge in [0.05, 0.1) is 37.2 Å². The molecule has 0 N–H and O–H groups in total. The number of hydrogen-bond donors (Lipinski definition) is 0. The van der Waals surface area contributed by atoms with E-state index in [4.69, 9.17) is 9.47 Å². The highest BCUT2D eigenvalue weighted by Crippen LogP contribution is 2.28. The van der Waals surface area contributed by atoms with Crippen molar-refractivity contribution in [3.8, 4) is 5.75 Å². The lowest BCUT2D eigenvalue weighted by Gasteiger charge is -2.36. The van der Waals surface area contributed by atoms with Gasteiger partial charge in [-0.15, -0.1) is 11.3 Å². The van der Waals surface area contributed by atoms with Crippen molar-refractivity contribution in [3.05, 3.63) is 55.9 Å². The van der Waals surface area contributed by atoms with Crippen LogP contribution in [0.1, 0.15) is 25.7 Å². The standard InChI is InChI=1S/C26H34N4O5S/c1-34-23-9-5-4-8-21(23)28-16-14-27(15-17-28)11-6-3-7-12-30-25(32)20-18-36-19-22(20)29(26(30)33)13-10-24(31)35-2/h4-5,8-9,18-19H,3,6-7,10-17H2,1-2H3. The number of thiophene rings is 1. The molecule has 0 spiro atoms. The summed E-state index contributed by atoms with van der Waals surface area (Å²) in [4.78, 5) is 42.4. The normalized spacial score (nSPS) is 14.3. The Labute approximate surface area is 214 Å². The van der Waals surface area contributed by atoms with Crippen molar-refractivity contribution in [2.75, 3.05) is 51.8 Å². The van der Waals surface area contributed by atoms with Gasteiger partial charge in [-0.3, -0.25) is 23.6 Å². The van der Waals surface area contributed by atoms with Crippen LogP contribution in [-0.4, -0.2) is 66.9 Å². The molecule has 0 aliphatic carbocycles. The van der Waals surface area contributed by atoms with Gasteiger partial charge in [0.1, 0.15) is 5.75 Å². The summed E-state index contributed by atoms with van der Waals surface area (Å²) in [7, 11) is 3.03. The lowest BCUT2D eigenvalue weighted by atomic mass is 10.2. The fourth-order valence-corrected chi connectivity index (χ4v) is 5.55. The minimum absolute atomic E-state index is 0.0872. The van der Waals surface area contributed by atoms with Crippen LogP contribution in [-0.2, 0) is 22.6 Å². The molecule has 1 aliphatic rings. The Kier molecular flexibility index (Phi) is 8.82. The van der Waals surface area contributed by atoms with Crippen LogP contribution < -0.4 is 20.9 Å². The maximum atomic E-state index is 13.1. The minimum Gasteiger partial charge on any atom is -0.495 e. The molecule has 0 radical (unpaired) electrons. The zero-order valence-corrected chi connectivity index (χ0v) is 21.8. The van der Waals surface area contributed by atoms with Crippen LogP contribution in [0, 0.1) is 0 Å². The van der Waals surface area contributed by atoms with Crippen molar-refractivity contribution in [2.24, 2.45) is 0 Å². The number of aryl methyl sites for hydroxylation is 1. The molecule has 36 heavy (non-hydrogen) atoms. The van der Waals surface area contributed by atoms with Gasteiger partial charge in [0.25, 0.3) is 5.56 Å². The van der Waals surface area contributed by atoms with Gasteiger partial charge in [-0.1, -0.05) is 18.6 Å². The van der Waals surface area contributed by atoms with E-state index in [9.17, 15) is 14.4 Å². The lowest BCUT2D eigenvalue weighted by Crippen LogP contribution is -2.46. The first-order valence-electron chi connectivity index (χ1n) is 12.4. The summed E-state index contributed by atoms with van der Waals surface area (Å²) in [6, 6.07) is 8.13. The number of para-hydroxylation sites is 2. The molecule has 1 saturated heterocycles. The number of unbranched alkanes of at least 4 members (excludes halogenated alkanes) is 2. The van der Waals surface area contributed by atoms with Gasteiger partial charge < -0.3 is 14.4 Å². The first-order valence-corrected chi connectivity index (χ1v) is 13.3. The number of piperazine rings is 1. The molecule has 4 rings (SSSR count). The fourth-order valence-electron chi connectivity index (χ4n) is 4.74. The van der Waals surface area contributed by atoms with Crippen LogP contribution in [0.4, 0.5) is 5.69 Å². The number of fused-ring (bicyclic) bond motifs is 1. The highest BCUT2D eigenvalue weighted by Gasteiger charge is 2.19. The SMILES string of the molecule is COC(=O)CCn1c(=O)n(CCCCCN2CCN(c3ccccc3OC)CC2)c(=O)c2cscc21. The summed E-state index contributed by atoms with van der Waals surface area (Å²) in [6.45, 7) is 5.49. The predicted octanol–water partition coefficient (Wildman–Crippen LogP) is 2.79.